The summed E-state index contributed by atoms with van der Waals surface area (Å²) in [4.78, 5) is 13.3. The minimum atomic E-state index is -0.653. The molecule has 1 aliphatic rings. The van der Waals surface area contributed by atoms with Crippen molar-refractivity contribution in [3.05, 3.63) is 35.9 Å². The number of carboxylic acid groups (broad SMARTS) is 1. The maximum atomic E-state index is 10.8. The Balaban J connectivity index is 1.85. The van der Waals surface area contributed by atoms with Gasteiger partial charge in [-0.3, -0.25) is 4.79 Å². The van der Waals surface area contributed by atoms with Gasteiger partial charge in [0, 0.05) is 12.5 Å². The molecular weight excluding hydrogens is 250 g/mol. The average molecular weight is 275 g/mol. The SMILES string of the molecule is CCC(Cc1ccccc1)N1CCC(CC(=O)O)CC1. The molecule has 0 aliphatic carbocycles. The number of aliphatic carboxylic acids is 1. The van der Waals surface area contributed by atoms with Gasteiger partial charge in [0.25, 0.3) is 0 Å². The molecule has 2 rings (SSSR count). The van der Waals surface area contributed by atoms with E-state index in [9.17, 15) is 4.79 Å². The normalized spacial score (nSPS) is 18.9. The summed E-state index contributed by atoms with van der Waals surface area (Å²) in [5, 5.41) is 8.87. The average Bonchev–Trinajstić information content (AvgIpc) is 2.46. The van der Waals surface area contributed by atoms with Crippen molar-refractivity contribution in [1.82, 2.24) is 4.90 Å². The van der Waals surface area contributed by atoms with Crippen LogP contribution in [0.3, 0.4) is 0 Å². The van der Waals surface area contributed by atoms with Crippen LogP contribution in [0.5, 0.6) is 0 Å². The third kappa shape index (κ3) is 4.34. The Kier molecular flexibility index (Phi) is 5.60. The zero-order valence-electron chi connectivity index (χ0n) is 12.3. The Morgan fingerprint density at radius 3 is 2.50 bits per heavy atom. The van der Waals surface area contributed by atoms with Crippen LogP contribution >= 0.6 is 0 Å². The van der Waals surface area contributed by atoms with Gasteiger partial charge in [0.05, 0.1) is 0 Å². The van der Waals surface area contributed by atoms with E-state index in [2.05, 4.69) is 42.2 Å². The third-order valence-electron chi connectivity index (χ3n) is 4.41. The maximum absolute atomic E-state index is 10.8. The summed E-state index contributed by atoms with van der Waals surface area (Å²) >= 11 is 0. The molecule has 3 heteroatoms. The van der Waals surface area contributed by atoms with Gasteiger partial charge in [-0.25, -0.2) is 0 Å². The molecule has 20 heavy (non-hydrogen) atoms. The van der Waals surface area contributed by atoms with Crippen LogP contribution in [0.25, 0.3) is 0 Å². The molecule has 1 heterocycles. The molecule has 110 valence electrons. The number of piperidine rings is 1. The number of rotatable bonds is 6. The second-order valence-corrected chi connectivity index (χ2v) is 5.83. The lowest BCUT2D eigenvalue weighted by molar-refractivity contribution is -0.138. The van der Waals surface area contributed by atoms with Crippen molar-refractivity contribution in [1.29, 1.82) is 0 Å². The number of benzene rings is 1. The summed E-state index contributed by atoms with van der Waals surface area (Å²) in [7, 11) is 0. The number of carboxylic acids is 1. The van der Waals surface area contributed by atoms with Crippen molar-refractivity contribution in [2.45, 2.75) is 45.1 Å². The van der Waals surface area contributed by atoms with Crippen LogP contribution in [0.2, 0.25) is 0 Å². The molecule has 1 saturated heterocycles. The van der Waals surface area contributed by atoms with Crippen LogP contribution in [-0.2, 0) is 11.2 Å². The zero-order valence-corrected chi connectivity index (χ0v) is 12.3. The van der Waals surface area contributed by atoms with E-state index in [-0.39, 0.29) is 0 Å². The van der Waals surface area contributed by atoms with Gasteiger partial charge in [-0.15, -0.1) is 0 Å². The Morgan fingerprint density at radius 1 is 1.30 bits per heavy atom. The maximum Gasteiger partial charge on any atom is 0.303 e. The molecule has 3 nitrogen and oxygen atoms in total. The topological polar surface area (TPSA) is 40.5 Å². The lowest BCUT2D eigenvalue weighted by Crippen LogP contribution is -2.42. The first kappa shape index (κ1) is 15.0. The Bertz CT molecular complexity index is 410. The highest BCUT2D eigenvalue weighted by molar-refractivity contribution is 5.67. The third-order valence-corrected chi connectivity index (χ3v) is 4.41. The summed E-state index contributed by atoms with van der Waals surface area (Å²) in [5.74, 6) is -0.280. The fraction of sp³-hybridized carbons (Fsp3) is 0.588. The fourth-order valence-corrected chi connectivity index (χ4v) is 3.19. The quantitative estimate of drug-likeness (QED) is 0.866. The van der Waals surface area contributed by atoms with Crippen molar-refractivity contribution >= 4 is 5.97 Å². The van der Waals surface area contributed by atoms with Crippen LogP contribution in [-0.4, -0.2) is 35.1 Å². The van der Waals surface area contributed by atoms with Crippen LogP contribution in [0.4, 0.5) is 0 Å². The smallest absolute Gasteiger partial charge is 0.303 e. The van der Waals surface area contributed by atoms with E-state index in [0.717, 1.165) is 38.8 Å². The second-order valence-electron chi connectivity index (χ2n) is 5.83. The van der Waals surface area contributed by atoms with Gasteiger partial charge < -0.3 is 10.0 Å². The second kappa shape index (κ2) is 7.44. The standard InChI is InChI=1S/C17H25NO2/c1-2-16(12-14-6-4-3-5-7-14)18-10-8-15(9-11-18)13-17(19)20/h3-7,15-16H,2,8-13H2,1H3,(H,19,20). The molecule has 0 bridgehead atoms. The lowest BCUT2D eigenvalue weighted by Gasteiger charge is -2.37. The number of carbonyl (C=O) groups is 1. The van der Waals surface area contributed by atoms with E-state index in [1.165, 1.54) is 5.56 Å². The van der Waals surface area contributed by atoms with Gasteiger partial charge in [-0.2, -0.15) is 0 Å². The monoisotopic (exact) mass is 275 g/mol. The Labute approximate surface area is 121 Å². The number of hydrogen-bond donors (Lipinski definition) is 1. The molecule has 1 aliphatic heterocycles. The fourth-order valence-electron chi connectivity index (χ4n) is 3.19. The summed E-state index contributed by atoms with van der Waals surface area (Å²) in [6.07, 6.45) is 4.64. The molecule has 0 radical (unpaired) electrons. The molecule has 1 atom stereocenters. The van der Waals surface area contributed by atoms with Crippen molar-refractivity contribution in [3.63, 3.8) is 0 Å². The molecular formula is C17H25NO2. The molecule has 1 aromatic carbocycles. The largest absolute Gasteiger partial charge is 0.481 e. The Hall–Kier alpha value is -1.35. The minimum Gasteiger partial charge on any atom is -0.481 e. The van der Waals surface area contributed by atoms with Crippen molar-refractivity contribution in [3.8, 4) is 0 Å². The van der Waals surface area contributed by atoms with E-state index >= 15 is 0 Å². The number of likely N-dealkylation sites (tertiary alicyclic amines) is 1. The predicted octanol–water partition coefficient (Wildman–Crippen LogP) is 3.19. The molecule has 0 spiro atoms. The van der Waals surface area contributed by atoms with E-state index in [1.807, 2.05) is 0 Å². The molecule has 1 fully saturated rings. The van der Waals surface area contributed by atoms with E-state index in [0.29, 0.717) is 18.4 Å². The van der Waals surface area contributed by atoms with Gasteiger partial charge in [0.2, 0.25) is 0 Å². The molecule has 0 saturated carbocycles. The lowest BCUT2D eigenvalue weighted by atomic mass is 9.91. The van der Waals surface area contributed by atoms with Crippen molar-refractivity contribution in [2.24, 2.45) is 5.92 Å². The summed E-state index contributed by atoms with van der Waals surface area (Å²) < 4.78 is 0. The van der Waals surface area contributed by atoms with Gasteiger partial charge in [0.1, 0.15) is 0 Å². The first-order valence-corrected chi connectivity index (χ1v) is 7.68. The van der Waals surface area contributed by atoms with Gasteiger partial charge in [0.15, 0.2) is 0 Å². The number of hydrogen-bond acceptors (Lipinski definition) is 2. The number of nitrogens with zero attached hydrogens (tertiary/aromatic N) is 1. The first-order valence-electron chi connectivity index (χ1n) is 7.68. The highest BCUT2D eigenvalue weighted by Gasteiger charge is 2.25. The minimum absolute atomic E-state index is 0.337. The molecule has 1 N–H and O–H groups in total. The highest BCUT2D eigenvalue weighted by atomic mass is 16.4. The predicted molar refractivity (Wildman–Crippen MR) is 80.8 cm³/mol. The van der Waals surface area contributed by atoms with Gasteiger partial charge >= 0.3 is 5.97 Å². The first-order chi connectivity index (χ1) is 9.69. The summed E-state index contributed by atoms with van der Waals surface area (Å²) in [5.41, 5.74) is 1.40. The van der Waals surface area contributed by atoms with Crippen LogP contribution in [0.15, 0.2) is 30.3 Å². The zero-order chi connectivity index (χ0) is 14.4. The molecule has 0 aromatic heterocycles. The van der Waals surface area contributed by atoms with Crippen molar-refractivity contribution < 1.29 is 9.90 Å². The van der Waals surface area contributed by atoms with E-state index in [1.54, 1.807) is 0 Å². The Morgan fingerprint density at radius 2 is 1.95 bits per heavy atom. The van der Waals surface area contributed by atoms with Crippen LogP contribution < -0.4 is 0 Å². The van der Waals surface area contributed by atoms with E-state index in [4.69, 9.17) is 5.11 Å². The molecule has 1 aromatic rings. The van der Waals surface area contributed by atoms with Gasteiger partial charge in [-0.05, 0) is 50.3 Å². The summed E-state index contributed by atoms with van der Waals surface area (Å²) in [6, 6.07) is 11.2. The molecule has 0 amide bonds. The van der Waals surface area contributed by atoms with Gasteiger partial charge in [-0.1, -0.05) is 37.3 Å². The van der Waals surface area contributed by atoms with Crippen molar-refractivity contribution in [2.75, 3.05) is 13.1 Å². The molecule has 1 unspecified atom stereocenters. The van der Waals surface area contributed by atoms with E-state index < -0.39 is 5.97 Å². The summed E-state index contributed by atoms with van der Waals surface area (Å²) in [6.45, 7) is 4.34. The van der Waals surface area contributed by atoms with Crippen LogP contribution in [0, 0.1) is 5.92 Å². The highest BCUT2D eigenvalue weighted by Crippen LogP contribution is 2.24. The van der Waals surface area contributed by atoms with Crippen LogP contribution in [0.1, 0.15) is 38.2 Å².